The van der Waals surface area contributed by atoms with E-state index in [0.717, 1.165) is 0 Å². The lowest BCUT2D eigenvalue weighted by Gasteiger charge is -2.13. The van der Waals surface area contributed by atoms with Crippen molar-refractivity contribution in [1.82, 2.24) is 4.98 Å². The lowest BCUT2D eigenvalue weighted by Crippen LogP contribution is -2.02. The van der Waals surface area contributed by atoms with E-state index in [1.165, 1.54) is 62.6 Å². The Labute approximate surface area is 92.9 Å². The molecular weight excluding hydrogens is 182 g/mol. The largest absolute Gasteiger partial charge is 0.261 e. The molecule has 2 rings (SSSR count). The molecule has 0 saturated heterocycles. The predicted octanol–water partition coefficient (Wildman–Crippen LogP) is 3.83. The summed E-state index contributed by atoms with van der Waals surface area (Å²) in [5.41, 5.74) is 4.36. The number of rotatable bonds is 0. The lowest BCUT2D eigenvalue weighted by atomic mass is 9.95. The van der Waals surface area contributed by atoms with Gasteiger partial charge in [-0.15, -0.1) is 0 Å². The summed E-state index contributed by atoms with van der Waals surface area (Å²) >= 11 is 0. The van der Waals surface area contributed by atoms with Crippen LogP contribution in [-0.2, 0) is 12.8 Å². The van der Waals surface area contributed by atoms with Gasteiger partial charge in [0.2, 0.25) is 0 Å². The van der Waals surface area contributed by atoms with Gasteiger partial charge in [0.25, 0.3) is 0 Å². The number of pyridine rings is 1. The van der Waals surface area contributed by atoms with Gasteiger partial charge < -0.3 is 0 Å². The molecule has 82 valence electrons. The van der Waals surface area contributed by atoms with E-state index in [1.807, 2.05) is 6.20 Å². The maximum absolute atomic E-state index is 4.55. The van der Waals surface area contributed by atoms with E-state index in [9.17, 15) is 0 Å². The minimum Gasteiger partial charge on any atom is -0.261 e. The predicted molar refractivity (Wildman–Crippen MR) is 64.1 cm³/mol. The summed E-state index contributed by atoms with van der Waals surface area (Å²) in [5, 5.41) is 0. The zero-order valence-corrected chi connectivity index (χ0v) is 9.76. The number of hydrogen-bond donors (Lipinski definition) is 0. The average molecular weight is 203 g/mol. The van der Waals surface area contributed by atoms with Crippen LogP contribution in [0.1, 0.15) is 55.3 Å². The summed E-state index contributed by atoms with van der Waals surface area (Å²) in [6.07, 6.45) is 12.7. The van der Waals surface area contributed by atoms with Crippen molar-refractivity contribution in [3.63, 3.8) is 0 Å². The normalized spacial score (nSPS) is 18.2. The van der Waals surface area contributed by atoms with Crippen LogP contribution in [0.15, 0.2) is 12.3 Å². The second kappa shape index (κ2) is 5.29. The summed E-state index contributed by atoms with van der Waals surface area (Å²) in [7, 11) is 0. The summed E-state index contributed by atoms with van der Waals surface area (Å²) in [4.78, 5) is 4.55. The van der Waals surface area contributed by atoms with Gasteiger partial charge in [-0.3, -0.25) is 4.98 Å². The molecule has 1 heteroatoms. The molecule has 0 amide bonds. The Kier molecular flexibility index (Phi) is 3.76. The highest BCUT2D eigenvalue weighted by atomic mass is 14.7. The van der Waals surface area contributed by atoms with Crippen LogP contribution in [0.5, 0.6) is 0 Å². The second-order valence-electron chi connectivity index (χ2n) is 4.67. The fourth-order valence-electron chi connectivity index (χ4n) is 2.50. The highest BCUT2D eigenvalue weighted by molar-refractivity contribution is 5.29. The molecule has 0 bridgehead atoms. The molecule has 15 heavy (non-hydrogen) atoms. The van der Waals surface area contributed by atoms with Gasteiger partial charge in [0, 0.05) is 11.9 Å². The molecule has 1 heterocycles. The molecule has 0 atom stereocenters. The van der Waals surface area contributed by atoms with Crippen molar-refractivity contribution in [2.24, 2.45) is 0 Å². The van der Waals surface area contributed by atoms with Gasteiger partial charge in [-0.2, -0.15) is 0 Å². The highest BCUT2D eigenvalue weighted by Gasteiger charge is 2.08. The summed E-state index contributed by atoms with van der Waals surface area (Å²) in [6.45, 7) is 2.23. The van der Waals surface area contributed by atoms with Crippen molar-refractivity contribution < 1.29 is 0 Å². The van der Waals surface area contributed by atoms with Gasteiger partial charge in [-0.05, 0) is 49.8 Å². The van der Waals surface area contributed by atoms with Crippen molar-refractivity contribution >= 4 is 0 Å². The first-order chi connectivity index (χ1) is 7.38. The smallest absolute Gasteiger partial charge is 0.0438 e. The van der Waals surface area contributed by atoms with E-state index in [4.69, 9.17) is 0 Å². The first-order valence-corrected chi connectivity index (χ1v) is 6.31. The third-order valence-corrected chi connectivity index (χ3v) is 3.47. The van der Waals surface area contributed by atoms with E-state index >= 15 is 0 Å². The zero-order valence-electron chi connectivity index (χ0n) is 9.76. The van der Waals surface area contributed by atoms with Gasteiger partial charge in [0.15, 0.2) is 0 Å². The van der Waals surface area contributed by atoms with Gasteiger partial charge in [-0.25, -0.2) is 0 Å². The van der Waals surface area contributed by atoms with E-state index < -0.39 is 0 Å². The Balaban J connectivity index is 2.19. The van der Waals surface area contributed by atoms with Crippen LogP contribution in [-0.4, -0.2) is 4.98 Å². The van der Waals surface area contributed by atoms with Crippen LogP contribution >= 0.6 is 0 Å². The Hall–Kier alpha value is -0.850. The van der Waals surface area contributed by atoms with Crippen LogP contribution in [0.4, 0.5) is 0 Å². The molecule has 0 aromatic carbocycles. The van der Waals surface area contributed by atoms with E-state index in [1.54, 1.807) is 5.56 Å². The quantitative estimate of drug-likeness (QED) is 0.624. The molecule has 0 unspecified atom stereocenters. The first-order valence-electron chi connectivity index (χ1n) is 6.31. The van der Waals surface area contributed by atoms with Gasteiger partial charge in [0.05, 0.1) is 0 Å². The molecule has 1 aromatic heterocycles. The Morgan fingerprint density at radius 3 is 2.40 bits per heavy atom. The Morgan fingerprint density at radius 2 is 1.60 bits per heavy atom. The maximum Gasteiger partial charge on any atom is 0.0438 e. The number of aryl methyl sites for hydroxylation is 2. The van der Waals surface area contributed by atoms with E-state index in [0.29, 0.717) is 0 Å². The van der Waals surface area contributed by atoms with Crippen molar-refractivity contribution in [1.29, 1.82) is 0 Å². The standard InChI is InChI=1S/C14H21N/c1-12-10-11-15-14-9-7-5-3-2-4-6-8-13(12)14/h10-11H,2-9H2,1H3. The van der Waals surface area contributed by atoms with Crippen molar-refractivity contribution in [2.75, 3.05) is 0 Å². The zero-order chi connectivity index (χ0) is 10.5. The second-order valence-corrected chi connectivity index (χ2v) is 4.67. The van der Waals surface area contributed by atoms with Crippen molar-refractivity contribution in [3.05, 3.63) is 29.1 Å². The van der Waals surface area contributed by atoms with Crippen LogP contribution < -0.4 is 0 Å². The third-order valence-electron chi connectivity index (χ3n) is 3.47. The summed E-state index contributed by atoms with van der Waals surface area (Å²) in [5.74, 6) is 0. The van der Waals surface area contributed by atoms with Crippen molar-refractivity contribution in [2.45, 2.75) is 58.3 Å². The Bertz CT molecular complexity index is 317. The van der Waals surface area contributed by atoms with Gasteiger partial charge in [-0.1, -0.05) is 25.7 Å². The lowest BCUT2D eigenvalue weighted by molar-refractivity contribution is 0.575. The SMILES string of the molecule is Cc1ccnc2c1CCCCCCCC2. The monoisotopic (exact) mass is 203 g/mol. The molecule has 1 aliphatic carbocycles. The first kappa shape index (κ1) is 10.7. The molecule has 0 N–H and O–H groups in total. The molecule has 0 aliphatic heterocycles. The maximum atomic E-state index is 4.55. The van der Waals surface area contributed by atoms with E-state index in [2.05, 4.69) is 18.0 Å². The highest BCUT2D eigenvalue weighted by Crippen LogP contribution is 2.20. The average Bonchev–Trinajstić information content (AvgIpc) is 2.26. The number of aromatic nitrogens is 1. The fourth-order valence-corrected chi connectivity index (χ4v) is 2.50. The summed E-state index contributed by atoms with van der Waals surface area (Å²) < 4.78 is 0. The third kappa shape index (κ3) is 2.80. The van der Waals surface area contributed by atoms with Crippen LogP contribution in [0.3, 0.4) is 0 Å². The molecule has 1 aromatic rings. The molecule has 0 radical (unpaired) electrons. The molecule has 1 nitrogen and oxygen atoms in total. The van der Waals surface area contributed by atoms with Gasteiger partial charge in [0.1, 0.15) is 0 Å². The minimum absolute atomic E-state index is 1.19. The van der Waals surface area contributed by atoms with Gasteiger partial charge >= 0.3 is 0 Å². The minimum atomic E-state index is 1.19. The summed E-state index contributed by atoms with van der Waals surface area (Å²) in [6, 6.07) is 2.16. The molecule has 0 spiro atoms. The fraction of sp³-hybridized carbons (Fsp3) is 0.643. The topological polar surface area (TPSA) is 12.9 Å². The Morgan fingerprint density at radius 1 is 0.933 bits per heavy atom. The van der Waals surface area contributed by atoms with Crippen LogP contribution in [0, 0.1) is 6.92 Å². The van der Waals surface area contributed by atoms with Crippen LogP contribution in [0.2, 0.25) is 0 Å². The molecule has 0 fully saturated rings. The van der Waals surface area contributed by atoms with Crippen molar-refractivity contribution in [3.8, 4) is 0 Å². The number of nitrogens with zero attached hydrogens (tertiary/aromatic N) is 1. The molecule has 0 saturated carbocycles. The van der Waals surface area contributed by atoms with E-state index in [-0.39, 0.29) is 0 Å². The number of hydrogen-bond acceptors (Lipinski definition) is 1. The molecule has 1 aliphatic rings. The molecular formula is C14H21N. The van der Waals surface area contributed by atoms with Crippen LogP contribution in [0.25, 0.3) is 0 Å². The number of fused-ring (bicyclic) bond motifs is 1.